The van der Waals surface area contributed by atoms with Gasteiger partial charge in [0.15, 0.2) is 11.3 Å². The fraction of sp³-hybridized carbons (Fsp3) is 0.0455. The van der Waals surface area contributed by atoms with Crippen molar-refractivity contribution in [3.63, 3.8) is 0 Å². The average molecular weight is 371 g/mol. The second kappa shape index (κ2) is 6.18. The van der Waals surface area contributed by atoms with Gasteiger partial charge < -0.3 is 0 Å². The third-order valence-electron chi connectivity index (χ3n) is 4.64. The summed E-state index contributed by atoms with van der Waals surface area (Å²) in [5.74, 6) is 0. The minimum absolute atomic E-state index is 0.687. The fourth-order valence-corrected chi connectivity index (χ4v) is 3.34. The maximum absolute atomic E-state index is 6.05. The molecule has 0 spiro atoms. The Morgan fingerprint density at radius 1 is 0.889 bits per heavy atom. The summed E-state index contributed by atoms with van der Waals surface area (Å²) in [6.07, 6.45) is 1.75. The molecule has 130 valence electrons. The number of aromatic nitrogens is 4. The van der Waals surface area contributed by atoms with Crippen molar-refractivity contribution in [3.05, 3.63) is 83.5 Å². The average Bonchev–Trinajstić information content (AvgIpc) is 3.07. The largest absolute Gasteiger partial charge is 0.235 e. The Morgan fingerprint density at radius 3 is 2.41 bits per heavy atom. The van der Waals surface area contributed by atoms with Gasteiger partial charge in [0.1, 0.15) is 0 Å². The molecule has 0 aliphatic rings. The molecular formula is C22H15ClN4. The summed E-state index contributed by atoms with van der Waals surface area (Å²) in [6.45, 7) is 2.08. The number of fused-ring (bicyclic) bond motifs is 3. The van der Waals surface area contributed by atoms with Crippen molar-refractivity contribution >= 4 is 28.3 Å². The van der Waals surface area contributed by atoms with Gasteiger partial charge in [-0.05, 0) is 37.3 Å². The van der Waals surface area contributed by atoms with E-state index in [-0.39, 0.29) is 0 Å². The molecule has 0 fully saturated rings. The van der Waals surface area contributed by atoms with Crippen LogP contribution in [0.1, 0.15) is 5.56 Å². The lowest BCUT2D eigenvalue weighted by molar-refractivity contribution is 0.958. The molecule has 5 rings (SSSR count). The number of aryl methyl sites for hydroxylation is 1. The Kier molecular flexibility index (Phi) is 3.66. The lowest BCUT2D eigenvalue weighted by atomic mass is 10.1. The van der Waals surface area contributed by atoms with Crippen molar-refractivity contribution in [2.45, 2.75) is 6.92 Å². The number of pyridine rings is 1. The first kappa shape index (κ1) is 16.0. The molecule has 5 aromatic rings. The van der Waals surface area contributed by atoms with Crippen molar-refractivity contribution in [2.75, 3.05) is 0 Å². The summed E-state index contributed by atoms with van der Waals surface area (Å²) in [4.78, 5) is 9.28. The summed E-state index contributed by atoms with van der Waals surface area (Å²) in [7, 11) is 0. The third kappa shape index (κ3) is 2.75. The van der Waals surface area contributed by atoms with Crippen LogP contribution in [0.15, 0.2) is 72.9 Å². The molecule has 0 atom stereocenters. The Bertz CT molecular complexity index is 1270. The zero-order valence-electron chi connectivity index (χ0n) is 14.6. The van der Waals surface area contributed by atoms with Crippen molar-refractivity contribution in [2.24, 2.45) is 0 Å². The molecule has 5 heteroatoms. The molecule has 0 bridgehead atoms. The number of hydrogen-bond acceptors (Lipinski definition) is 3. The predicted octanol–water partition coefficient (Wildman–Crippen LogP) is 5.57. The molecule has 0 saturated carbocycles. The monoisotopic (exact) mass is 370 g/mol. The van der Waals surface area contributed by atoms with Gasteiger partial charge >= 0.3 is 0 Å². The van der Waals surface area contributed by atoms with E-state index in [2.05, 4.69) is 47.3 Å². The Labute approximate surface area is 161 Å². The first-order chi connectivity index (χ1) is 13.2. The van der Waals surface area contributed by atoms with E-state index in [9.17, 15) is 0 Å². The fourth-order valence-electron chi connectivity index (χ4n) is 3.22. The van der Waals surface area contributed by atoms with E-state index in [1.165, 1.54) is 5.56 Å². The molecule has 27 heavy (non-hydrogen) atoms. The minimum atomic E-state index is 0.687. The second-order valence-electron chi connectivity index (χ2n) is 6.51. The van der Waals surface area contributed by atoms with Gasteiger partial charge in [0, 0.05) is 22.3 Å². The highest BCUT2D eigenvalue weighted by atomic mass is 35.5. The van der Waals surface area contributed by atoms with Gasteiger partial charge in [0.25, 0.3) is 0 Å². The molecule has 3 aromatic heterocycles. The number of halogens is 1. The highest BCUT2D eigenvalue weighted by Gasteiger charge is 2.14. The van der Waals surface area contributed by atoms with Crippen LogP contribution in [0.5, 0.6) is 0 Å². The molecule has 0 aliphatic heterocycles. The second-order valence-corrected chi connectivity index (χ2v) is 6.95. The van der Waals surface area contributed by atoms with Gasteiger partial charge in [0.2, 0.25) is 0 Å². The molecule has 0 saturated heterocycles. The minimum Gasteiger partial charge on any atom is -0.235 e. The summed E-state index contributed by atoms with van der Waals surface area (Å²) in [6, 6.07) is 22.1. The normalized spacial score (nSPS) is 11.3. The Morgan fingerprint density at radius 2 is 1.63 bits per heavy atom. The van der Waals surface area contributed by atoms with Crippen LogP contribution in [0.2, 0.25) is 5.02 Å². The maximum atomic E-state index is 6.05. The van der Waals surface area contributed by atoms with Crippen LogP contribution in [-0.2, 0) is 0 Å². The van der Waals surface area contributed by atoms with Gasteiger partial charge in [-0.3, -0.25) is 0 Å². The molecule has 0 amide bonds. The SMILES string of the molecule is Cc1ccc(-c2cc(-c3ccc(Cl)cc3)nc3c4cccnc4nn23)cc1. The zero-order valence-corrected chi connectivity index (χ0v) is 15.4. The van der Waals surface area contributed by atoms with Crippen molar-refractivity contribution in [1.82, 2.24) is 19.6 Å². The van der Waals surface area contributed by atoms with Crippen LogP contribution in [0.3, 0.4) is 0 Å². The van der Waals surface area contributed by atoms with Gasteiger partial charge in [-0.1, -0.05) is 53.6 Å². The van der Waals surface area contributed by atoms with Crippen molar-refractivity contribution in [3.8, 4) is 22.5 Å². The first-order valence-corrected chi connectivity index (χ1v) is 9.04. The lowest BCUT2D eigenvalue weighted by Crippen LogP contribution is -1.98. The van der Waals surface area contributed by atoms with Gasteiger partial charge in [-0.2, -0.15) is 0 Å². The Hall–Kier alpha value is -3.24. The van der Waals surface area contributed by atoms with Gasteiger partial charge in [-0.25, -0.2) is 14.5 Å². The van der Waals surface area contributed by atoms with E-state index in [1.807, 2.05) is 40.9 Å². The van der Waals surface area contributed by atoms with Crippen molar-refractivity contribution in [1.29, 1.82) is 0 Å². The molecular weight excluding hydrogens is 356 g/mol. The third-order valence-corrected chi connectivity index (χ3v) is 4.89. The summed E-state index contributed by atoms with van der Waals surface area (Å²) >= 11 is 6.05. The summed E-state index contributed by atoms with van der Waals surface area (Å²) in [5, 5.41) is 6.32. The summed E-state index contributed by atoms with van der Waals surface area (Å²) in [5.41, 5.74) is 6.63. The van der Waals surface area contributed by atoms with Gasteiger partial charge in [0.05, 0.1) is 16.8 Å². The van der Waals surface area contributed by atoms with Crippen molar-refractivity contribution < 1.29 is 0 Å². The Balaban J connectivity index is 1.85. The highest BCUT2D eigenvalue weighted by Crippen LogP contribution is 2.29. The number of nitrogens with zero attached hydrogens (tertiary/aromatic N) is 4. The van der Waals surface area contributed by atoms with E-state index in [4.69, 9.17) is 16.6 Å². The maximum Gasteiger partial charge on any atom is 0.183 e. The predicted molar refractivity (Wildman–Crippen MR) is 109 cm³/mol. The molecule has 2 aromatic carbocycles. The lowest BCUT2D eigenvalue weighted by Gasteiger charge is -2.09. The quantitative estimate of drug-likeness (QED) is 0.407. The molecule has 4 nitrogen and oxygen atoms in total. The standard InChI is InChI=1S/C22H15ClN4/c1-14-4-6-16(7-5-14)20-13-19(15-8-10-17(23)11-9-15)25-22-18-3-2-12-24-21(18)26-27(20)22/h2-13H,1H3. The van der Waals surface area contributed by atoms with Crippen LogP contribution in [0, 0.1) is 6.92 Å². The zero-order chi connectivity index (χ0) is 18.4. The van der Waals surface area contributed by atoms with E-state index < -0.39 is 0 Å². The van der Waals surface area contributed by atoms with E-state index in [1.54, 1.807) is 6.20 Å². The van der Waals surface area contributed by atoms with E-state index >= 15 is 0 Å². The van der Waals surface area contributed by atoms with Crippen LogP contribution in [0.4, 0.5) is 0 Å². The van der Waals surface area contributed by atoms with Crippen LogP contribution >= 0.6 is 11.6 Å². The molecule has 3 heterocycles. The smallest absolute Gasteiger partial charge is 0.183 e. The number of rotatable bonds is 2. The van der Waals surface area contributed by atoms with E-state index in [0.29, 0.717) is 10.7 Å². The molecule has 0 radical (unpaired) electrons. The molecule has 0 N–H and O–H groups in total. The van der Waals surface area contributed by atoms with Gasteiger partial charge in [-0.15, -0.1) is 5.10 Å². The van der Waals surface area contributed by atoms with Crippen LogP contribution < -0.4 is 0 Å². The topological polar surface area (TPSA) is 43.1 Å². The molecule has 0 unspecified atom stereocenters. The molecule has 0 aliphatic carbocycles. The van der Waals surface area contributed by atoms with Crippen LogP contribution in [-0.4, -0.2) is 19.6 Å². The summed E-state index contributed by atoms with van der Waals surface area (Å²) < 4.78 is 1.88. The van der Waals surface area contributed by atoms with Crippen LogP contribution in [0.25, 0.3) is 39.2 Å². The number of hydrogen-bond donors (Lipinski definition) is 0. The highest BCUT2D eigenvalue weighted by molar-refractivity contribution is 6.30. The van der Waals surface area contributed by atoms with E-state index in [0.717, 1.165) is 33.5 Å². The first-order valence-electron chi connectivity index (χ1n) is 8.66. The number of benzene rings is 2.